The summed E-state index contributed by atoms with van der Waals surface area (Å²) in [6.45, 7) is 0.385. The number of aliphatic hydroxyl groups excluding tert-OH is 1. The number of nitrogens with two attached hydrogens (primary N) is 1. The van der Waals surface area contributed by atoms with Gasteiger partial charge in [0.2, 0.25) is 5.16 Å². The van der Waals surface area contributed by atoms with Crippen molar-refractivity contribution in [1.29, 1.82) is 0 Å². The molecule has 1 aliphatic rings. The Hall–Kier alpha value is -0.960. The fraction of sp³-hybridized carbons (Fsp3) is 0.700. The number of sulfonamides is 1. The lowest BCUT2D eigenvalue weighted by atomic mass is 10.1. The van der Waals surface area contributed by atoms with Crippen molar-refractivity contribution < 1.29 is 13.5 Å². The molecule has 0 bridgehead atoms. The zero-order chi connectivity index (χ0) is 13.3. The van der Waals surface area contributed by atoms with Crippen LogP contribution in [0.25, 0.3) is 0 Å². The molecule has 2 heterocycles. The number of β-amino-alcohol motifs (C(OH)–C–C–N with tert-alkyl or cyclic N) is 1. The standard InChI is InChI=1S/C10H18N4O3S/c1-13-6-4-12-10(13)18(16,17)14-5-2-3-8(11)9(15)7-14/h4,6,8-9,15H,2-3,5,7,11H2,1H3. The summed E-state index contributed by atoms with van der Waals surface area (Å²) in [6.07, 6.45) is 3.44. The molecule has 1 aromatic rings. The van der Waals surface area contributed by atoms with Crippen molar-refractivity contribution in [3.05, 3.63) is 12.4 Å². The number of aliphatic hydroxyl groups is 1. The maximum absolute atomic E-state index is 12.4. The average Bonchev–Trinajstić information content (AvgIpc) is 2.66. The van der Waals surface area contributed by atoms with Gasteiger partial charge in [0, 0.05) is 38.6 Å². The molecule has 1 fully saturated rings. The highest BCUT2D eigenvalue weighted by Crippen LogP contribution is 2.18. The Balaban J connectivity index is 2.28. The molecule has 2 unspecified atom stereocenters. The van der Waals surface area contributed by atoms with E-state index in [-0.39, 0.29) is 17.7 Å². The second kappa shape index (κ2) is 4.96. The van der Waals surface area contributed by atoms with Gasteiger partial charge in [0.15, 0.2) is 0 Å². The number of aromatic nitrogens is 2. The van der Waals surface area contributed by atoms with Crippen LogP contribution in [0.15, 0.2) is 17.6 Å². The second-order valence-electron chi connectivity index (χ2n) is 4.56. The van der Waals surface area contributed by atoms with Gasteiger partial charge in [-0.25, -0.2) is 13.4 Å². The van der Waals surface area contributed by atoms with Crippen molar-refractivity contribution in [2.75, 3.05) is 13.1 Å². The maximum Gasteiger partial charge on any atom is 0.277 e. The summed E-state index contributed by atoms with van der Waals surface area (Å²) in [7, 11) is -2.03. The molecule has 8 heteroatoms. The zero-order valence-electron chi connectivity index (χ0n) is 10.2. The molecule has 18 heavy (non-hydrogen) atoms. The van der Waals surface area contributed by atoms with Crippen LogP contribution in [0, 0.1) is 0 Å². The van der Waals surface area contributed by atoms with Crippen LogP contribution in [0.1, 0.15) is 12.8 Å². The third-order valence-electron chi connectivity index (χ3n) is 3.18. The molecule has 7 nitrogen and oxygen atoms in total. The van der Waals surface area contributed by atoms with Crippen LogP contribution in [-0.2, 0) is 17.1 Å². The van der Waals surface area contributed by atoms with Gasteiger partial charge in [-0.1, -0.05) is 0 Å². The number of nitrogens with zero attached hydrogens (tertiary/aromatic N) is 3. The molecule has 3 N–H and O–H groups in total. The molecular weight excluding hydrogens is 256 g/mol. The number of imidazole rings is 1. The Morgan fingerprint density at radius 3 is 2.89 bits per heavy atom. The quantitative estimate of drug-likeness (QED) is 0.712. The van der Waals surface area contributed by atoms with Crippen LogP contribution in [0.4, 0.5) is 0 Å². The summed E-state index contributed by atoms with van der Waals surface area (Å²) in [5.41, 5.74) is 5.74. The smallest absolute Gasteiger partial charge is 0.277 e. The average molecular weight is 274 g/mol. The number of aryl methyl sites for hydroxylation is 1. The van der Waals surface area contributed by atoms with E-state index >= 15 is 0 Å². The lowest BCUT2D eigenvalue weighted by Gasteiger charge is -2.22. The Morgan fingerprint density at radius 1 is 1.56 bits per heavy atom. The van der Waals surface area contributed by atoms with Gasteiger partial charge in [0.1, 0.15) is 0 Å². The van der Waals surface area contributed by atoms with Crippen molar-refractivity contribution in [2.24, 2.45) is 12.8 Å². The second-order valence-corrected chi connectivity index (χ2v) is 6.39. The summed E-state index contributed by atoms with van der Waals surface area (Å²) in [6, 6.07) is -0.369. The Kier molecular flexibility index (Phi) is 3.71. The minimum Gasteiger partial charge on any atom is -0.390 e. The third-order valence-corrected chi connectivity index (χ3v) is 5.04. The third kappa shape index (κ3) is 2.41. The molecule has 2 atom stereocenters. The number of hydrogen-bond donors (Lipinski definition) is 2. The van der Waals surface area contributed by atoms with Gasteiger partial charge in [0.05, 0.1) is 6.10 Å². The molecule has 1 saturated heterocycles. The first-order valence-electron chi connectivity index (χ1n) is 5.84. The van der Waals surface area contributed by atoms with E-state index in [0.717, 1.165) is 0 Å². The van der Waals surface area contributed by atoms with Crippen LogP contribution < -0.4 is 5.73 Å². The Labute approximate surface area is 106 Å². The van der Waals surface area contributed by atoms with E-state index in [1.165, 1.54) is 15.1 Å². The minimum atomic E-state index is -3.66. The molecule has 102 valence electrons. The first kappa shape index (κ1) is 13.5. The lowest BCUT2D eigenvalue weighted by Crippen LogP contribution is -2.43. The molecule has 0 aliphatic carbocycles. The normalized spacial score (nSPS) is 27.1. The van der Waals surface area contributed by atoms with Gasteiger partial charge in [-0.3, -0.25) is 0 Å². The lowest BCUT2D eigenvalue weighted by molar-refractivity contribution is 0.130. The number of rotatable bonds is 2. The van der Waals surface area contributed by atoms with Gasteiger partial charge >= 0.3 is 0 Å². The van der Waals surface area contributed by atoms with E-state index in [9.17, 15) is 13.5 Å². The summed E-state index contributed by atoms with van der Waals surface area (Å²) in [5, 5.41) is 9.79. The van der Waals surface area contributed by atoms with Crippen LogP contribution in [0.3, 0.4) is 0 Å². The summed E-state index contributed by atoms with van der Waals surface area (Å²) < 4.78 is 27.4. The molecule has 1 aliphatic heterocycles. The van der Waals surface area contributed by atoms with E-state index in [1.807, 2.05) is 0 Å². The summed E-state index contributed by atoms with van der Waals surface area (Å²) in [5.74, 6) is 0. The predicted molar refractivity (Wildman–Crippen MR) is 65.2 cm³/mol. The zero-order valence-corrected chi connectivity index (χ0v) is 11.0. The van der Waals surface area contributed by atoms with E-state index in [0.29, 0.717) is 19.4 Å². The van der Waals surface area contributed by atoms with E-state index in [1.54, 1.807) is 13.2 Å². The molecule has 0 amide bonds. The van der Waals surface area contributed by atoms with Crippen molar-refractivity contribution in [1.82, 2.24) is 13.9 Å². The van der Waals surface area contributed by atoms with Crippen LogP contribution in [0.2, 0.25) is 0 Å². The first-order chi connectivity index (χ1) is 8.43. The topological polar surface area (TPSA) is 101 Å². The summed E-state index contributed by atoms with van der Waals surface area (Å²) in [4.78, 5) is 3.86. The van der Waals surface area contributed by atoms with Crippen LogP contribution in [-0.4, -0.2) is 52.6 Å². The van der Waals surface area contributed by atoms with Gasteiger partial charge in [-0.2, -0.15) is 4.31 Å². The van der Waals surface area contributed by atoms with E-state index < -0.39 is 16.1 Å². The van der Waals surface area contributed by atoms with Crippen LogP contribution in [0.5, 0.6) is 0 Å². The minimum absolute atomic E-state index is 0.00910. The van der Waals surface area contributed by atoms with E-state index in [2.05, 4.69) is 4.98 Å². The highest BCUT2D eigenvalue weighted by Gasteiger charge is 2.33. The maximum atomic E-state index is 12.4. The predicted octanol–water partition coefficient (Wildman–Crippen LogP) is -1.11. The highest BCUT2D eigenvalue weighted by atomic mass is 32.2. The SMILES string of the molecule is Cn1ccnc1S(=O)(=O)N1CCCC(N)C(O)C1. The van der Waals surface area contributed by atoms with Crippen molar-refractivity contribution in [3.8, 4) is 0 Å². The molecule has 0 saturated carbocycles. The Bertz CT molecular complexity index is 513. The largest absolute Gasteiger partial charge is 0.390 e. The van der Waals surface area contributed by atoms with Crippen molar-refractivity contribution in [3.63, 3.8) is 0 Å². The molecule has 1 aromatic heterocycles. The van der Waals surface area contributed by atoms with Gasteiger partial charge in [-0.15, -0.1) is 0 Å². The van der Waals surface area contributed by atoms with E-state index in [4.69, 9.17) is 5.73 Å². The van der Waals surface area contributed by atoms with Crippen molar-refractivity contribution in [2.45, 2.75) is 30.1 Å². The molecule has 0 aromatic carbocycles. The Morgan fingerprint density at radius 2 is 2.28 bits per heavy atom. The fourth-order valence-corrected chi connectivity index (χ4v) is 3.63. The van der Waals surface area contributed by atoms with Gasteiger partial charge in [0.25, 0.3) is 10.0 Å². The van der Waals surface area contributed by atoms with Gasteiger partial charge in [-0.05, 0) is 12.8 Å². The fourth-order valence-electron chi connectivity index (χ4n) is 2.07. The van der Waals surface area contributed by atoms with Crippen molar-refractivity contribution >= 4 is 10.0 Å². The first-order valence-corrected chi connectivity index (χ1v) is 7.28. The monoisotopic (exact) mass is 274 g/mol. The van der Waals surface area contributed by atoms with Crippen LogP contribution >= 0.6 is 0 Å². The summed E-state index contributed by atoms with van der Waals surface area (Å²) >= 11 is 0. The molecule has 0 radical (unpaired) electrons. The number of hydrogen-bond acceptors (Lipinski definition) is 5. The van der Waals surface area contributed by atoms with Gasteiger partial charge < -0.3 is 15.4 Å². The highest BCUT2D eigenvalue weighted by molar-refractivity contribution is 7.89. The molecule has 0 spiro atoms. The molecular formula is C10H18N4O3S. The molecule has 2 rings (SSSR count).